The zero-order valence-corrected chi connectivity index (χ0v) is 7.62. The fourth-order valence-electron chi connectivity index (χ4n) is 1.32. The molecule has 4 N–H and O–H groups in total. The van der Waals surface area contributed by atoms with Gasteiger partial charge in [-0.05, 0) is 12.1 Å². The van der Waals surface area contributed by atoms with Crippen LogP contribution in [0.4, 0.5) is 5.69 Å². The summed E-state index contributed by atoms with van der Waals surface area (Å²) in [6.07, 6.45) is 1.84. The van der Waals surface area contributed by atoms with Crippen LogP contribution in [-0.2, 0) is 6.54 Å². The quantitative estimate of drug-likeness (QED) is 0.716. The molecule has 0 aliphatic carbocycles. The molecular formula is C8H9ClN4. The molecule has 0 unspecified atom stereocenters. The Balaban J connectivity index is 2.87. The standard InChI is InChI=1S/C8H9ClN4/c9-8-7-5(11)2-1-3-13(7)6(4-10)12-8/h1-3H,4,10-11H2. The van der Waals surface area contributed by atoms with E-state index in [2.05, 4.69) is 4.98 Å². The Morgan fingerprint density at radius 1 is 1.54 bits per heavy atom. The zero-order valence-electron chi connectivity index (χ0n) is 6.87. The number of halogens is 1. The lowest BCUT2D eigenvalue weighted by Gasteiger charge is -1.99. The summed E-state index contributed by atoms with van der Waals surface area (Å²) in [6, 6.07) is 3.61. The zero-order chi connectivity index (χ0) is 9.42. The van der Waals surface area contributed by atoms with E-state index in [1.54, 1.807) is 10.5 Å². The second-order valence-corrected chi connectivity index (χ2v) is 3.06. The number of nitrogen functional groups attached to an aromatic ring is 1. The van der Waals surface area contributed by atoms with Crippen molar-refractivity contribution < 1.29 is 0 Å². The van der Waals surface area contributed by atoms with Gasteiger partial charge in [0.2, 0.25) is 0 Å². The third-order valence-electron chi connectivity index (χ3n) is 1.91. The van der Waals surface area contributed by atoms with Gasteiger partial charge in [-0.1, -0.05) is 11.6 Å². The second kappa shape index (κ2) is 2.90. The van der Waals surface area contributed by atoms with Gasteiger partial charge in [0.15, 0.2) is 5.15 Å². The number of imidazole rings is 1. The molecule has 0 saturated heterocycles. The van der Waals surface area contributed by atoms with Crippen LogP contribution in [0.5, 0.6) is 0 Å². The van der Waals surface area contributed by atoms with Crippen molar-refractivity contribution >= 4 is 22.8 Å². The summed E-state index contributed by atoms with van der Waals surface area (Å²) < 4.78 is 1.80. The number of rotatable bonds is 1. The smallest absolute Gasteiger partial charge is 0.157 e. The molecule has 0 radical (unpaired) electrons. The number of hydrogen-bond acceptors (Lipinski definition) is 3. The van der Waals surface area contributed by atoms with Crippen LogP contribution in [0, 0.1) is 0 Å². The minimum atomic E-state index is 0.345. The third kappa shape index (κ3) is 1.15. The van der Waals surface area contributed by atoms with Gasteiger partial charge in [0.1, 0.15) is 11.3 Å². The fraction of sp³-hybridized carbons (Fsp3) is 0.125. The molecule has 0 fully saturated rings. The van der Waals surface area contributed by atoms with E-state index in [-0.39, 0.29) is 0 Å². The Labute approximate surface area is 80.1 Å². The first kappa shape index (κ1) is 8.34. The fourth-order valence-corrected chi connectivity index (χ4v) is 1.62. The van der Waals surface area contributed by atoms with Crippen molar-refractivity contribution in [2.24, 2.45) is 5.73 Å². The van der Waals surface area contributed by atoms with Crippen LogP contribution in [0.1, 0.15) is 5.82 Å². The van der Waals surface area contributed by atoms with Gasteiger partial charge in [-0.2, -0.15) is 0 Å². The maximum Gasteiger partial charge on any atom is 0.157 e. The van der Waals surface area contributed by atoms with Crippen molar-refractivity contribution in [3.05, 3.63) is 29.3 Å². The third-order valence-corrected chi connectivity index (χ3v) is 2.17. The van der Waals surface area contributed by atoms with Gasteiger partial charge < -0.3 is 11.5 Å². The first-order valence-corrected chi connectivity index (χ1v) is 4.23. The molecule has 0 saturated carbocycles. The lowest BCUT2D eigenvalue weighted by atomic mass is 10.3. The molecule has 13 heavy (non-hydrogen) atoms. The molecule has 2 rings (SSSR count). The van der Waals surface area contributed by atoms with E-state index < -0.39 is 0 Å². The molecule has 0 atom stereocenters. The van der Waals surface area contributed by atoms with Crippen LogP contribution in [0.3, 0.4) is 0 Å². The van der Waals surface area contributed by atoms with Crippen LogP contribution in [0.15, 0.2) is 18.3 Å². The Bertz CT molecular complexity index is 449. The molecule has 0 aliphatic rings. The molecule has 0 amide bonds. The number of aromatic nitrogens is 2. The molecule has 0 aromatic carbocycles. The Morgan fingerprint density at radius 3 is 3.00 bits per heavy atom. The van der Waals surface area contributed by atoms with Gasteiger partial charge in [-0.15, -0.1) is 0 Å². The predicted octanol–water partition coefficient (Wildman–Crippen LogP) is 1.03. The van der Waals surface area contributed by atoms with E-state index >= 15 is 0 Å². The molecule has 4 nitrogen and oxygen atoms in total. The van der Waals surface area contributed by atoms with Gasteiger partial charge in [0.05, 0.1) is 12.2 Å². The highest BCUT2D eigenvalue weighted by atomic mass is 35.5. The Morgan fingerprint density at radius 2 is 2.31 bits per heavy atom. The topological polar surface area (TPSA) is 69.3 Å². The molecule has 0 aliphatic heterocycles. The van der Waals surface area contributed by atoms with Crippen LogP contribution in [0.25, 0.3) is 5.52 Å². The summed E-state index contributed by atoms with van der Waals surface area (Å²) in [5.74, 6) is 0.715. The lowest BCUT2D eigenvalue weighted by molar-refractivity contribution is 0.904. The summed E-state index contributed by atoms with van der Waals surface area (Å²) in [5, 5.41) is 0.401. The highest BCUT2D eigenvalue weighted by molar-refractivity contribution is 6.33. The molecule has 68 valence electrons. The molecule has 0 spiro atoms. The first-order chi connectivity index (χ1) is 6.24. The first-order valence-electron chi connectivity index (χ1n) is 3.85. The van der Waals surface area contributed by atoms with E-state index in [9.17, 15) is 0 Å². The van der Waals surface area contributed by atoms with Crippen molar-refractivity contribution in [1.82, 2.24) is 9.38 Å². The Hall–Kier alpha value is -1.26. The summed E-state index contributed by atoms with van der Waals surface area (Å²) in [7, 11) is 0. The molecule has 2 aromatic rings. The SMILES string of the molecule is NCc1nc(Cl)c2c(N)cccn12. The number of pyridine rings is 1. The van der Waals surface area contributed by atoms with Crippen molar-refractivity contribution in [3.8, 4) is 0 Å². The number of hydrogen-bond donors (Lipinski definition) is 2. The normalized spacial score (nSPS) is 10.9. The predicted molar refractivity (Wildman–Crippen MR) is 52.5 cm³/mol. The van der Waals surface area contributed by atoms with Crippen molar-refractivity contribution in [2.45, 2.75) is 6.54 Å². The van der Waals surface area contributed by atoms with E-state index in [1.807, 2.05) is 12.3 Å². The average Bonchev–Trinajstić information content (AvgIpc) is 2.44. The molecular weight excluding hydrogens is 188 g/mol. The number of fused-ring (bicyclic) bond motifs is 1. The minimum absolute atomic E-state index is 0.345. The molecule has 0 bridgehead atoms. The van der Waals surface area contributed by atoms with Crippen LogP contribution in [0.2, 0.25) is 5.15 Å². The summed E-state index contributed by atoms with van der Waals surface area (Å²) in [5.41, 5.74) is 12.6. The van der Waals surface area contributed by atoms with Gasteiger partial charge in [0, 0.05) is 6.20 Å². The number of anilines is 1. The molecule has 2 heterocycles. The lowest BCUT2D eigenvalue weighted by Crippen LogP contribution is -2.02. The van der Waals surface area contributed by atoms with Gasteiger partial charge in [-0.25, -0.2) is 4.98 Å². The minimum Gasteiger partial charge on any atom is -0.397 e. The van der Waals surface area contributed by atoms with Gasteiger partial charge in [0.25, 0.3) is 0 Å². The monoisotopic (exact) mass is 196 g/mol. The van der Waals surface area contributed by atoms with Crippen molar-refractivity contribution in [3.63, 3.8) is 0 Å². The average molecular weight is 197 g/mol. The van der Waals surface area contributed by atoms with E-state index in [0.717, 1.165) is 5.52 Å². The highest BCUT2D eigenvalue weighted by Gasteiger charge is 2.09. The van der Waals surface area contributed by atoms with Crippen molar-refractivity contribution in [1.29, 1.82) is 0 Å². The maximum absolute atomic E-state index is 5.89. The van der Waals surface area contributed by atoms with E-state index in [4.69, 9.17) is 23.1 Å². The number of nitrogens with zero attached hydrogens (tertiary/aromatic N) is 2. The number of nitrogens with two attached hydrogens (primary N) is 2. The van der Waals surface area contributed by atoms with Crippen LogP contribution in [-0.4, -0.2) is 9.38 Å². The molecule has 5 heteroatoms. The summed E-state index contributed by atoms with van der Waals surface area (Å²) in [6.45, 7) is 0.345. The van der Waals surface area contributed by atoms with Crippen LogP contribution < -0.4 is 11.5 Å². The van der Waals surface area contributed by atoms with Gasteiger partial charge >= 0.3 is 0 Å². The van der Waals surface area contributed by atoms with Crippen LogP contribution >= 0.6 is 11.6 Å². The largest absolute Gasteiger partial charge is 0.397 e. The highest BCUT2D eigenvalue weighted by Crippen LogP contribution is 2.23. The summed E-state index contributed by atoms with van der Waals surface area (Å²) >= 11 is 5.89. The second-order valence-electron chi connectivity index (χ2n) is 2.71. The maximum atomic E-state index is 5.89. The van der Waals surface area contributed by atoms with Crippen molar-refractivity contribution in [2.75, 3.05) is 5.73 Å². The Kier molecular flexibility index (Phi) is 1.86. The van der Waals surface area contributed by atoms with Gasteiger partial charge in [-0.3, -0.25) is 4.40 Å². The van der Waals surface area contributed by atoms with E-state index in [1.165, 1.54) is 0 Å². The van der Waals surface area contributed by atoms with E-state index in [0.29, 0.717) is 23.2 Å². The summed E-state index contributed by atoms with van der Waals surface area (Å²) in [4.78, 5) is 4.09. The molecule has 2 aromatic heterocycles.